The highest BCUT2D eigenvalue weighted by molar-refractivity contribution is 5.84. The summed E-state index contributed by atoms with van der Waals surface area (Å²) in [4.78, 5) is 17.1. The highest BCUT2D eigenvalue weighted by atomic mass is 16.3. The summed E-state index contributed by atoms with van der Waals surface area (Å²) < 4.78 is 0. The number of carbonyl (C=O) groups is 1. The van der Waals surface area contributed by atoms with Gasteiger partial charge in [-0.3, -0.25) is 9.69 Å². The van der Waals surface area contributed by atoms with Gasteiger partial charge in [0, 0.05) is 13.1 Å². The van der Waals surface area contributed by atoms with E-state index in [1.54, 1.807) is 24.3 Å². The third-order valence-corrected chi connectivity index (χ3v) is 5.91. The Morgan fingerprint density at radius 3 is 2.04 bits per heavy atom. The van der Waals surface area contributed by atoms with E-state index in [4.69, 9.17) is 0 Å². The molecule has 142 valence electrons. The number of hydrogen-bond donors (Lipinski definition) is 2. The van der Waals surface area contributed by atoms with Crippen LogP contribution < -0.4 is 0 Å². The van der Waals surface area contributed by atoms with Crippen molar-refractivity contribution in [1.82, 2.24) is 9.80 Å². The second kappa shape index (κ2) is 7.61. The SMILES string of the molecule is O=C1[C@@H](N2CCC(c3ccc(O)cc3)CC2)CCN1Cc1ccc(O)cc1. The van der Waals surface area contributed by atoms with Crippen LogP contribution in [0, 0.1) is 0 Å². The first kappa shape index (κ1) is 17.9. The van der Waals surface area contributed by atoms with Gasteiger partial charge in [0.2, 0.25) is 5.91 Å². The van der Waals surface area contributed by atoms with Crippen LogP contribution in [0.15, 0.2) is 48.5 Å². The van der Waals surface area contributed by atoms with Crippen LogP contribution in [-0.4, -0.2) is 51.6 Å². The first-order valence-electron chi connectivity index (χ1n) is 9.70. The molecular weight excluding hydrogens is 340 g/mol. The Balaban J connectivity index is 1.33. The zero-order chi connectivity index (χ0) is 18.8. The lowest BCUT2D eigenvalue weighted by molar-refractivity contribution is -0.133. The summed E-state index contributed by atoms with van der Waals surface area (Å²) in [7, 11) is 0. The number of amides is 1. The summed E-state index contributed by atoms with van der Waals surface area (Å²) in [5.41, 5.74) is 2.33. The first-order valence-corrected chi connectivity index (χ1v) is 9.70. The molecule has 0 aliphatic carbocycles. The highest BCUT2D eigenvalue weighted by Gasteiger charge is 2.37. The normalized spacial score (nSPS) is 21.7. The van der Waals surface area contributed by atoms with Gasteiger partial charge in [-0.2, -0.15) is 0 Å². The summed E-state index contributed by atoms with van der Waals surface area (Å²) in [5.74, 6) is 1.29. The van der Waals surface area contributed by atoms with Gasteiger partial charge >= 0.3 is 0 Å². The van der Waals surface area contributed by atoms with E-state index in [1.807, 2.05) is 29.2 Å². The lowest BCUT2D eigenvalue weighted by atomic mass is 9.89. The van der Waals surface area contributed by atoms with Crippen LogP contribution in [0.2, 0.25) is 0 Å². The van der Waals surface area contributed by atoms with Crippen molar-refractivity contribution in [2.45, 2.75) is 37.8 Å². The van der Waals surface area contributed by atoms with Crippen molar-refractivity contribution in [2.24, 2.45) is 0 Å². The summed E-state index contributed by atoms with van der Waals surface area (Å²) in [6.45, 7) is 3.28. The molecule has 0 bridgehead atoms. The molecule has 1 amide bonds. The number of hydrogen-bond acceptors (Lipinski definition) is 4. The topological polar surface area (TPSA) is 64.0 Å². The van der Waals surface area contributed by atoms with Gasteiger partial charge in [0.1, 0.15) is 11.5 Å². The van der Waals surface area contributed by atoms with Gasteiger partial charge in [0.25, 0.3) is 0 Å². The molecule has 0 aromatic heterocycles. The van der Waals surface area contributed by atoms with Crippen molar-refractivity contribution in [3.63, 3.8) is 0 Å². The molecule has 0 radical (unpaired) electrons. The average Bonchev–Trinajstić information content (AvgIpc) is 3.05. The number of benzene rings is 2. The van der Waals surface area contributed by atoms with Crippen LogP contribution in [0.1, 0.15) is 36.3 Å². The number of phenols is 2. The van der Waals surface area contributed by atoms with Crippen LogP contribution in [0.25, 0.3) is 0 Å². The molecule has 0 unspecified atom stereocenters. The van der Waals surface area contributed by atoms with E-state index in [0.29, 0.717) is 18.2 Å². The second-order valence-electron chi connectivity index (χ2n) is 7.63. The molecule has 2 saturated heterocycles. The van der Waals surface area contributed by atoms with Gasteiger partial charge in [0.15, 0.2) is 0 Å². The fourth-order valence-electron chi connectivity index (χ4n) is 4.33. The standard InChI is InChI=1S/C22H26N2O3/c25-19-5-1-16(2-6-19)15-24-14-11-21(22(24)27)23-12-9-18(10-13-23)17-3-7-20(26)8-4-17/h1-8,18,21,25-26H,9-15H2/t21-/m0/s1. The highest BCUT2D eigenvalue weighted by Crippen LogP contribution is 2.31. The molecule has 2 aliphatic rings. The van der Waals surface area contributed by atoms with Crippen LogP contribution in [0.4, 0.5) is 0 Å². The van der Waals surface area contributed by atoms with Crippen molar-refractivity contribution >= 4 is 5.91 Å². The molecule has 27 heavy (non-hydrogen) atoms. The van der Waals surface area contributed by atoms with Crippen LogP contribution >= 0.6 is 0 Å². The van der Waals surface area contributed by atoms with Crippen LogP contribution in [0.5, 0.6) is 11.5 Å². The first-order chi connectivity index (χ1) is 13.1. The number of phenolic OH excluding ortho intramolecular Hbond substituents is 2. The summed E-state index contributed by atoms with van der Waals surface area (Å²) in [6, 6.07) is 14.6. The van der Waals surface area contributed by atoms with E-state index in [1.165, 1.54) is 5.56 Å². The van der Waals surface area contributed by atoms with Crippen molar-refractivity contribution in [2.75, 3.05) is 19.6 Å². The Labute approximate surface area is 159 Å². The van der Waals surface area contributed by atoms with Gasteiger partial charge in [0.05, 0.1) is 6.04 Å². The molecule has 0 spiro atoms. The number of piperidine rings is 1. The minimum Gasteiger partial charge on any atom is -0.508 e. The summed E-state index contributed by atoms with van der Waals surface area (Å²) in [5, 5.41) is 18.9. The molecule has 1 atom stereocenters. The Kier molecular flexibility index (Phi) is 5.03. The number of aromatic hydroxyl groups is 2. The predicted molar refractivity (Wildman–Crippen MR) is 104 cm³/mol. The Bertz CT molecular complexity index is 780. The van der Waals surface area contributed by atoms with Crippen molar-refractivity contribution in [3.8, 4) is 11.5 Å². The van der Waals surface area contributed by atoms with E-state index in [0.717, 1.165) is 44.5 Å². The van der Waals surface area contributed by atoms with Gasteiger partial charge < -0.3 is 15.1 Å². The fourth-order valence-corrected chi connectivity index (χ4v) is 4.33. The summed E-state index contributed by atoms with van der Waals surface area (Å²) >= 11 is 0. The molecule has 0 saturated carbocycles. The quantitative estimate of drug-likeness (QED) is 0.873. The Morgan fingerprint density at radius 2 is 1.41 bits per heavy atom. The maximum absolute atomic E-state index is 12.9. The fraction of sp³-hybridized carbons (Fsp3) is 0.409. The predicted octanol–water partition coefficient (Wildman–Crippen LogP) is 3.08. The van der Waals surface area contributed by atoms with E-state index in [-0.39, 0.29) is 17.7 Å². The molecule has 2 fully saturated rings. The lowest BCUT2D eigenvalue weighted by Crippen LogP contribution is -2.45. The Hall–Kier alpha value is -2.53. The zero-order valence-electron chi connectivity index (χ0n) is 15.4. The van der Waals surface area contributed by atoms with E-state index in [9.17, 15) is 15.0 Å². The zero-order valence-corrected chi connectivity index (χ0v) is 15.4. The average molecular weight is 366 g/mol. The minimum absolute atomic E-state index is 0.00267. The van der Waals surface area contributed by atoms with Crippen molar-refractivity contribution < 1.29 is 15.0 Å². The number of carbonyl (C=O) groups excluding carboxylic acids is 1. The monoisotopic (exact) mass is 366 g/mol. The second-order valence-corrected chi connectivity index (χ2v) is 7.63. The minimum atomic E-state index is 0.00267. The smallest absolute Gasteiger partial charge is 0.240 e. The maximum atomic E-state index is 12.9. The van der Waals surface area contributed by atoms with Gasteiger partial charge in [-0.25, -0.2) is 0 Å². The molecule has 2 aromatic rings. The molecule has 5 heteroatoms. The van der Waals surface area contributed by atoms with Gasteiger partial charge in [-0.1, -0.05) is 24.3 Å². The van der Waals surface area contributed by atoms with Crippen LogP contribution in [-0.2, 0) is 11.3 Å². The molecule has 4 rings (SSSR count). The molecule has 2 aliphatic heterocycles. The molecule has 2 N–H and O–H groups in total. The molecule has 2 heterocycles. The number of nitrogens with zero attached hydrogens (tertiary/aromatic N) is 2. The third-order valence-electron chi connectivity index (χ3n) is 5.91. The third kappa shape index (κ3) is 3.93. The van der Waals surface area contributed by atoms with Gasteiger partial charge in [-0.05, 0) is 73.7 Å². The van der Waals surface area contributed by atoms with Gasteiger partial charge in [-0.15, -0.1) is 0 Å². The van der Waals surface area contributed by atoms with E-state index >= 15 is 0 Å². The van der Waals surface area contributed by atoms with Crippen molar-refractivity contribution in [3.05, 3.63) is 59.7 Å². The number of rotatable bonds is 4. The maximum Gasteiger partial charge on any atom is 0.240 e. The summed E-state index contributed by atoms with van der Waals surface area (Å²) in [6.07, 6.45) is 2.99. The molecule has 2 aromatic carbocycles. The largest absolute Gasteiger partial charge is 0.508 e. The lowest BCUT2D eigenvalue weighted by Gasteiger charge is -2.35. The number of likely N-dealkylation sites (tertiary alicyclic amines) is 2. The van der Waals surface area contributed by atoms with Crippen molar-refractivity contribution in [1.29, 1.82) is 0 Å². The molecular formula is C22H26N2O3. The molecule has 5 nitrogen and oxygen atoms in total. The van der Waals surface area contributed by atoms with Crippen LogP contribution in [0.3, 0.4) is 0 Å². The Morgan fingerprint density at radius 1 is 0.815 bits per heavy atom. The van der Waals surface area contributed by atoms with E-state index < -0.39 is 0 Å². The van der Waals surface area contributed by atoms with E-state index in [2.05, 4.69) is 4.90 Å².